The van der Waals surface area contributed by atoms with Gasteiger partial charge in [-0.05, 0) is 11.1 Å². The molecule has 0 saturated heterocycles. The van der Waals surface area contributed by atoms with Crippen LogP contribution in [0.15, 0.2) is 67.0 Å². The van der Waals surface area contributed by atoms with E-state index >= 15 is 0 Å². The molecule has 0 aliphatic carbocycles. The van der Waals surface area contributed by atoms with Crippen molar-refractivity contribution in [1.29, 1.82) is 0 Å². The van der Waals surface area contributed by atoms with E-state index in [2.05, 4.69) is 4.98 Å². The number of carbonyl (C=O) groups is 1. The number of methoxy groups -OCH3 is 1. The van der Waals surface area contributed by atoms with Crippen LogP contribution in [0.1, 0.15) is 22.5 Å². The molecule has 3 aromatic rings. The van der Waals surface area contributed by atoms with Gasteiger partial charge in [0.15, 0.2) is 0 Å². The molecule has 2 heterocycles. The molecule has 1 atom stereocenters. The summed E-state index contributed by atoms with van der Waals surface area (Å²) in [5.74, 6) is -0.744. The predicted octanol–water partition coefficient (Wildman–Crippen LogP) is 2.36. The van der Waals surface area contributed by atoms with E-state index in [-0.39, 0.29) is 18.7 Å². The van der Waals surface area contributed by atoms with Crippen molar-refractivity contribution in [2.24, 2.45) is 0 Å². The Balaban J connectivity index is 1.64. The molecule has 156 valence electrons. The standard InChI is InChI=1S/C22H23N3O4S/c1-29-22(26)21-12-20-19(23-16-24(20)13-17-8-4-2-5-9-17)14-25(21)30(27,28)15-18-10-6-3-7-11-18/h2-11,16,21H,12-15H2,1H3/t21-/m0/s1. The third-order valence-electron chi connectivity index (χ3n) is 5.29. The molecule has 0 amide bonds. The number of benzene rings is 2. The maximum atomic E-state index is 13.2. The number of fused-ring (bicyclic) bond motifs is 1. The van der Waals surface area contributed by atoms with Crippen LogP contribution >= 0.6 is 0 Å². The van der Waals surface area contributed by atoms with E-state index < -0.39 is 22.0 Å². The molecule has 2 aromatic carbocycles. The van der Waals surface area contributed by atoms with E-state index in [1.54, 1.807) is 30.6 Å². The van der Waals surface area contributed by atoms with E-state index in [0.717, 1.165) is 11.3 Å². The molecule has 1 aliphatic rings. The minimum absolute atomic E-state index is 0.0477. The predicted molar refractivity (Wildman–Crippen MR) is 112 cm³/mol. The van der Waals surface area contributed by atoms with Gasteiger partial charge in [0, 0.05) is 18.7 Å². The lowest BCUT2D eigenvalue weighted by atomic mass is 10.0. The molecule has 8 heteroatoms. The molecular formula is C22H23N3O4S. The molecule has 0 unspecified atom stereocenters. The summed E-state index contributed by atoms with van der Waals surface area (Å²) in [5, 5.41) is 0. The van der Waals surface area contributed by atoms with Crippen molar-refractivity contribution in [3.63, 3.8) is 0 Å². The van der Waals surface area contributed by atoms with E-state index in [1.807, 2.05) is 41.0 Å². The molecule has 0 N–H and O–H groups in total. The van der Waals surface area contributed by atoms with Gasteiger partial charge >= 0.3 is 5.97 Å². The molecule has 0 spiro atoms. The number of carbonyl (C=O) groups excluding carboxylic acids is 1. The smallest absolute Gasteiger partial charge is 0.324 e. The lowest BCUT2D eigenvalue weighted by Crippen LogP contribution is -2.49. The Kier molecular flexibility index (Phi) is 5.69. The monoisotopic (exact) mass is 425 g/mol. The van der Waals surface area contributed by atoms with Gasteiger partial charge in [0.2, 0.25) is 10.0 Å². The number of aromatic nitrogens is 2. The Hall–Kier alpha value is -2.97. The van der Waals surface area contributed by atoms with Crippen molar-refractivity contribution in [3.05, 3.63) is 89.5 Å². The van der Waals surface area contributed by atoms with Crippen LogP contribution in [0.25, 0.3) is 0 Å². The van der Waals surface area contributed by atoms with Crippen LogP contribution in [0.5, 0.6) is 0 Å². The van der Waals surface area contributed by atoms with Gasteiger partial charge in [-0.3, -0.25) is 4.79 Å². The summed E-state index contributed by atoms with van der Waals surface area (Å²) < 4.78 is 34.5. The molecule has 0 radical (unpaired) electrons. The highest BCUT2D eigenvalue weighted by Crippen LogP contribution is 2.28. The van der Waals surface area contributed by atoms with Crippen molar-refractivity contribution in [3.8, 4) is 0 Å². The van der Waals surface area contributed by atoms with Crippen molar-refractivity contribution in [2.45, 2.75) is 31.3 Å². The summed E-state index contributed by atoms with van der Waals surface area (Å²) in [6.07, 6.45) is 1.93. The fraction of sp³-hybridized carbons (Fsp3) is 0.273. The number of imidazole rings is 1. The third kappa shape index (κ3) is 4.15. The van der Waals surface area contributed by atoms with Gasteiger partial charge in [-0.15, -0.1) is 0 Å². The number of ether oxygens (including phenoxy) is 1. The number of esters is 1. The number of hydrogen-bond donors (Lipinski definition) is 0. The van der Waals surface area contributed by atoms with Gasteiger partial charge in [0.05, 0.1) is 31.4 Å². The zero-order valence-electron chi connectivity index (χ0n) is 16.6. The summed E-state index contributed by atoms with van der Waals surface area (Å²) in [5.41, 5.74) is 3.30. The summed E-state index contributed by atoms with van der Waals surface area (Å²) in [4.78, 5) is 17.0. The zero-order chi connectivity index (χ0) is 21.1. The summed E-state index contributed by atoms with van der Waals surface area (Å²) in [6.45, 7) is 0.653. The van der Waals surface area contributed by atoms with E-state index in [9.17, 15) is 13.2 Å². The Morgan fingerprint density at radius 3 is 2.33 bits per heavy atom. The summed E-state index contributed by atoms with van der Waals surface area (Å²) in [6, 6.07) is 17.9. The van der Waals surface area contributed by atoms with Crippen molar-refractivity contribution < 1.29 is 17.9 Å². The average Bonchev–Trinajstić information content (AvgIpc) is 3.15. The van der Waals surface area contributed by atoms with Crippen LogP contribution in [-0.2, 0) is 44.8 Å². The summed E-state index contributed by atoms with van der Waals surface area (Å²) in [7, 11) is -2.47. The maximum absolute atomic E-state index is 13.2. The lowest BCUT2D eigenvalue weighted by Gasteiger charge is -2.33. The Labute approximate surface area is 176 Å². The second-order valence-electron chi connectivity index (χ2n) is 7.28. The first-order valence-electron chi connectivity index (χ1n) is 9.66. The Bertz CT molecular complexity index is 1130. The van der Waals surface area contributed by atoms with E-state index in [1.165, 1.54) is 11.4 Å². The maximum Gasteiger partial charge on any atom is 0.324 e. The second-order valence-corrected chi connectivity index (χ2v) is 9.20. The quantitative estimate of drug-likeness (QED) is 0.567. The van der Waals surface area contributed by atoms with Crippen molar-refractivity contribution >= 4 is 16.0 Å². The Morgan fingerprint density at radius 1 is 1.07 bits per heavy atom. The first kappa shape index (κ1) is 20.3. The molecule has 4 rings (SSSR count). The molecule has 7 nitrogen and oxygen atoms in total. The highest BCUT2D eigenvalue weighted by Gasteiger charge is 2.41. The number of rotatable bonds is 6. The van der Waals surface area contributed by atoms with Gasteiger partial charge < -0.3 is 9.30 Å². The number of hydrogen-bond acceptors (Lipinski definition) is 5. The largest absolute Gasteiger partial charge is 0.468 e. The molecule has 1 aromatic heterocycles. The fourth-order valence-electron chi connectivity index (χ4n) is 3.77. The first-order chi connectivity index (χ1) is 14.5. The van der Waals surface area contributed by atoms with Crippen LogP contribution < -0.4 is 0 Å². The highest BCUT2D eigenvalue weighted by molar-refractivity contribution is 7.88. The van der Waals surface area contributed by atoms with Gasteiger partial charge in [-0.2, -0.15) is 4.31 Å². The minimum Gasteiger partial charge on any atom is -0.468 e. The molecule has 30 heavy (non-hydrogen) atoms. The van der Waals surface area contributed by atoms with Crippen LogP contribution in [0.2, 0.25) is 0 Å². The Morgan fingerprint density at radius 2 is 1.70 bits per heavy atom. The number of nitrogens with zero attached hydrogens (tertiary/aromatic N) is 3. The molecule has 0 bridgehead atoms. The minimum atomic E-state index is -3.75. The van der Waals surface area contributed by atoms with Gasteiger partial charge in [-0.1, -0.05) is 60.7 Å². The molecular weight excluding hydrogens is 402 g/mol. The molecule has 1 aliphatic heterocycles. The van der Waals surface area contributed by atoms with Crippen LogP contribution in [-0.4, -0.2) is 41.4 Å². The van der Waals surface area contributed by atoms with Crippen LogP contribution in [0.3, 0.4) is 0 Å². The van der Waals surface area contributed by atoms with Crippen molar-refractivity contribution in [1.82, 2.24) is 13.9 Å². The van der Waals surface area contributed by atoms with Crippen LogP contribution in [0, 0.1) is 0 Å². The summed E-state index contributed by atoms with van der Waals surface area (Å²) >= 11 is 0. The molecule has 0 fully saturated rings. The highest BCUT2D eigenvalue weighted by atomic mass is 32.2. The number of sulfonamides is 1. The molecule has 0 saturated carbocycles. The SMILES string of the molecule is COC(=O)[C@@H]1Cc2c(ncn2Cc2ccccc2)CN1S(=O)(=O)Cc1ccccc1. The average molecular weight is 426 g/mol. The first-order valence-corrected chi connectivity index (χ1v) is 11.3. The second kappa shape index (κ2) is 8.41. The zero-order valence-corrected chi connectivity index (χ0v) is 17.5. The van der Waals surface area contributed by atoms with Gasteiger partial charge in [0.25, 0.3) is 0 Å². The van der Waals surface area contributed by atoms with E-state index in [0.29, 0.717) is 17.8 Å². The fourth-order valence-corrected chi connectivity index (χ4v) is 5.42. The van der Waals surface area contributed by atoms with Crippen molar-refractivity contribution in [2.75, 3.05) is 7.11 Å². The van der Waals surface area contributed by atoms with Crippen LogP contribution in [0.4, 0.5) is 0 Å². The van der Waals surface area contributed by atoms with E-state index in [4.69, 9.17) is 4.74 Å². The normalized spacial score (nSPS) is 16.8. The third-order valence-corrected chi connectivity index (χ3v) is 7.09. The van der Waals surface area contributed by atoms with Gasteiger partial charge in [-0.25, -0.2) is 13.4 Å². The van der Waals surface area contributed by atoms with Gasteiger partial charge in [0.1, 0.15) is 6.04 Å². The topological polar surface area (TPSA) is 81.5 Å². The lowest BCUT2D eigenvalue weighted by molar-refractivity contribution is -0.145.